The maximum absolute atomic E-state index is 14.2. The fourth-order valence-corrected chi connectivity index (χ4v) is 6.09. The highest BCUT2D eigenvalue weighted by Crippen LogP contribution is 2.58. The van der Waals surface area contributed by atoms with E-state index in [0.717, 1.165) is 52.3 Å². The van der Waals surface area contributed by atoms with E-state index in [1.165, 1.54) is 0 Å². The zero-order chi connectivity index (χ0) is 29.5. The second-order valence-corrected chi connectivity index (χ2v) is 13.1. The highest BCUT2D eigenvalue weighted by atomic mass is 79.9. The quantitative estimate of drug-likeness (QED) is 0.151. The first-order chi connectivity index (χ1) is 19.5. The molecule has 0 fully saturated rings. The molecular formula is C33H38BrN3O4. The highest BCUT2D eigenvalue weighted by Gasteiger charge is 2.56. The van der Waals surface area contributed by atoms with Gasteiger partial charge in [-0.3, -0.25) is 9.59 Å². The second-order valence-electron chi connectivity index (χ2n) is 11.2. The van der Waals surface area contributed by atoms with Gasteiger partial charge >= 0.3 is 5.97 Å². The molecule has 0 atom stereocenters. The Balaban J connectivity index is 1.70. The van der Waals surface area contributed by atoms with Gasteiger partial charge in [0, 0.05) is 59.8 Å². The number of esters is 1. The van der Waals surface area contributed by atoms with Gasteiger partial charge in [0.1, 0.15) is 21.4 Å². The van der Waals surface area contributed by atoms with Crippen molar-refractivity contribution in [3.05, 3.63) is 81.9 Å². The Labute approximate surface area is 250 Å². The lowest BCUT2D eigenvalue weighted by Gasteiger charge is -2.45. The van der Waals surface area contributed by atoms with Crippen molar-refractivity contribution in [3.8, 4) is 11.5 Å². The molecule has 0 bridgehead atoms. The zero-order valence-electron chi connectivity index (χ0n) is 24.6. The van der Waals surface area contributed by atoms with E-state index >= 15 is 0 Å². The molecule has 7 nitrogen and oxygen atoms in total. The van der Waals surface area contributed by atoms with E-state index in [0.29, 0.717) is 30.0 Å². The van der Waals surface area contributed by atoms with Crippen LogP contribution in [0.5, 0.6) is 11.5 Å². The van der Waals surface area contributed by atoms with Gasteiger partial charge in [0.15, 0.2) is 0 Å². The summed E-state index contributed by atoms with van der Waals surface area (Å²) in [5, 5.41) is 6.90. The molecule has 216 valence electrons. The van der Waals surface area contributed by atoms with Gasteiger partial charge in [-0.15, -0.1) is 0 Å². The standard InChI is InChI=1S/C33H38BrN3O4/c1-7-35-26-18-28-24(16-20(26)3)33(25-17-21(4)27(36-8-2)19-29(25)41-28)23-13-10-9-12-22(23)30(38)37(33)14-11-15-40-31(39)32(5,6)34/h9-10,12-13,16-19,35-36H,7-8,11,14-15H2,1-6H3. The topological polar surface area (TPSA) is 79.9 Å². The number of anilines is 2. The van der Waals surface area contributed by atoms with Gasteiger partial charge in [-0.05, 0) is 82.9 Å². The molecule has 0 unspecified atom stereocenters. The van der Waals surface area contributed by atoms with E-state index in [-0.39, 0.29) is 18.5 Å². The molecule has 0 saturated heterocycles. The predicted molar refractivity (Wildman–Crippen MR) is 167 cm³/mol. The average Bonchev–Trinajstić information content (AvgIpc) is 3.17. The summed E-state index contributed by atoms with van der Waals surface area (Å²) in [6.45, 7) is 14.0. The SMILES string of the molecule is CCNc1cc2c(cc1C)C1(c3cc(C)c(NCC)cc3O2)c2ccccc2C(=O)N1CCCOC(=O)C(C)(C)Br. The van der Waals surface area contributed by atoms with E-state index in [4.69, 9.17) is 9.47 Å². The Morgan fingerprint density at radius 1 is 0.951 bits per heavy atom. The highest BCUT2D eigenvalue weighted by molar-refractivity contribution is 9.10. The number of carbonyl (C=O) groups excluding carboxylic acids is 2. The number of hydrogen-bond acceptors (Lipinski definition) is 6. The van der Waals surface area contributed by atoms with E-state index in [1.807, 2.05) is 23.1 Å². The molecule has 0 aliphatic carbocycles. The van der Waals surface area contributed by atoms with Crippen LogP contribution < -0.4 is 15.4 Å². The van der Waals surface area contributed by atoms with Crippen molar-refractivity contribution in [1.29, 1.82) is 0 Å². The zero-order valence-corrected chi connectivity index (χ0v) is 26.2. The van der Waals surface area contributed by atoms with Crippen LogP contribution in [-0.2, 0) is 15.1 Å². The van der Waals surface area contributed by atoms with Crippen molar-refractivity contribution in [2.75, 3.05) is 36.9 Å². The number of hydrogen-bond donors (Lipinski definition) is 2. The van der Waals surface area contributed by atoms with Crippen molar-refractivity contribution in [1.82, 2.24) is 4.90 Å². The van der Waals surface area contributed by atoms with Crippen LogP contribution in [0.4, 0.5) is 11.4 Å². The average molecular weight is 621 g/mol. The Bertz CT molecular complexity index is 1450. The minimum Gasteiger partial charge on any atom is -0.465 e. The summed E-state index contributed by atoms with van der Waals surface area (Å²) < 4.78 is 11.4. The molecule has 2 aliphatic rings. The van der Waals surface area contributed by atoms with Gasteiger partial charge in [0.2, 0.25) is 0 Å². The lowest BCUT2D eigenvalue weighted by atomic mass is 9.73. The van der Waals surface area contributed by atoms with E-state index in [9.17, 15) is 9.59 Å². The molecule has 0 radical (unpaired) electrons. The molecule has 2 heterocycles. The molecule has 1 amide bonds. The lowest BCUT2D eigenvalue weighted by molar-refractivity contribution is -0.145. The van der Waals surface area contributed by atoms with E-state index < -0.39 is 9.86 Å². The van der Waals surface area contributed by atoms with Gasteiger partial charge in [0.05, 0.1) is 6.61 Å². The largest absolute Gasteiger partial charge is 0.465 e. The van der Waals surface area contributed by atoms with Crippen molar-refractivity contribution in [2.24, 2.45) is 0 Å². The number of carbonyl (C=O) groups is 2. The van der Waals surface area contributed by atoms with E-state index in [1.54, 1.807) is 13.8 Å². The Morgan fingerprint density at radius 2 is 1.51 bits per heavy atom. The van der Waals surface area contributed by atoms with Crippen molar-refractivity contribution < 1.29 is 19.1 Å². The number of ether oxygens (including phenoxy) is 2. The minimum atomic E-state index is -0.902. The van der Waals surface area contributed by atoms with Crippen molar-refractivity contribution >= 4 is 39.2 Å². The third-order valence-corrected chi connectivity index (χ3v) is 8.15. The van der Waals surface area contributed by atoms with Crippen LogP contribution in [0.3, 0.4) is 0 Å². The van der Waals surface area contributed by atoms with Crippen LogP contribution in [-0.4, -0.2) is 47.3 Å². The molecule has 41 heavy (non-hydrogen) atoms. The molecule has 0 saturated carbocycles. The molecular weight excluding hydrogens is 582 g/mol. The van der Waals surface area contributed by atoms with E-state index in [2.05, 4.69) is 84.6 Å². The third kappa shape index (κ3) is 4.86. The maximum atomic E-state index is 14.2. The fourth-order valence-electron chi connectivity index (χ4n) is 5.97. The van der Waals surface area contributed by atoms with Crippen LogP contribution in [0, 0.1) is 13.8 Å². The lowest BCUT2D eigenvalue weighted by Crippen LogP contribution is -2.48. The van der Waals surface area contributed by atoms with Crippen LogP contribution in [0.15, 0.2) is 48.5 Å². The molecule has 2 N–H and O–H groups in total. The summed E-state index contributed by atoms with van der Waals surface area (Å²) in [5.74, 6) is 1.05. The summed E-state index contributed by atoms with van der Waals surface area (Å²) >= 11 is 3.37. The number of fused-ring (bicyclic) bond motifs is 6. The number of benzene rings is 3. The fraction of sp³-hybridized carbons (Fsp3) is 0.394. The number of halogens is 1. The van der Waals surface area contributed by atoms with Gasteiger partial charge in [0.25, 0.3) is 5.91 Å². The summed E-state index contributed by atoms with van der Waals surface area (Å²) in [7, 11) is 0. The first kappa shape index (κ1) is 29.0. The number of nitrogens with zero attached hydrogens (tertiary/aromatic N) is 1. The van der Waals surface area contributed by atoms with Crippen molar-refractivity contribution in [3.63, 3.8) is 0 Å². The molecule has 2 aliphatic heterocycles. The number of amides is 1. The first-order valence-electron chi connectivity index (χ1n) is 14.3. The molecule has 3 aromatic carbocycles. The predicted octanol–water partition coefficient (Wildman–Crippen LogP) is 7.13. The van der Waals surface area contributed by atoms with Crippen molar-refractivity contribution in [2.45, 2.75) is 57.8 Å². The maximum Gasteiger partial charge on any atom is 0.322 e. The van der Waals surface area contributed by atoms with Gasteiger partial charge in [-0.2, -0.15) is 0 Å². The Hall–Kier alpha value is -3.52. The molecule has 5 rings (SSSR count). The summed E-state index contributed by atoms with van der Waals surface area (Å²) in [6, 6.07) is 16.3. The molecule has 0 aromatic heterocycles. The van der Waals surface area contributed by atoms with Crippen LogP contribution in [0.25, 0.3) is 0 Å². The number of aryl methyl sites for hydroxylation is 2. The number of nitrogens with one attached hydrogen (secondary N) is 2. The van der Waals surface area contributed by atoms with Crippen LogP contribution >= 0.6 is 15.9 Å². The molecule has 3 aromatic rings. The first-order valence-corrected chi connectivity index (χ1v) is 15.1. The van der Waals surface area contributed by atoms with Crippen LogP contribution in [0.1, 0.15) is 72.3 Å². The summed E-state index contributed by atoms with van der Waals surface area (Å²) in [4.78, 5) is 28.6. The van der Waals surface area contributed by atoms with Crippen LogP contribution in [0.2, 0.25) is 0 Å². The smallest absolute Gasteiger partial charge is 0.322 e. The molecule has 8 heteroatoms. The normalized spacial score (nSPS) is 14.7. The molecule has 1 spiro atoms. The minimum absolute atomic E-state index is 0.0478. The van der Waals surface area contributed by atoms with Gasteiger partial charge in [-0.1, -0.05) is 34.1 Å². The Morgan fingerprint density at radius 3 is 2.05 bits per heavy atom. The summed E-state index contributed by atoms with van der Waals surface area (Å²) in [6.07, 6.45) is 0.491. The number of alkyl halides is 1. The number of rotatable bonds is 9. The second kappa shape index (κ2) is 11.0. The monoisotopic (exact) mass is 619 g/mol. The third-order valence-electron chi connectivity index (χ3n) is 7.83. The van der Waals surface area contributed by atoms with Gasteiger partial charge < -0.3 is 25.0 Å². The Kier molecular flexibility index (Phi) is 7.81. The summed E-state index contributed by atoms with van der Waals surface area (Å²) in [5.41, 5.74) is 6.70. The van der Waals surface area contributed by atoms with Gasteiger partial charge in [-0.25, -0.2) is 0 Å².